The number of benzene rings is 1. The number of carbonyl (C=O) groups is 1. The first-order valence-corrected chi connectivity index (χ1v) is 6.21. The Morgan fingerprint density at radius 3 is 2.67 bits per heavy atom. The van der Waals surface area contributed by atoms with Crippen molar-refractivity contribution in [2.45, 2.75) is 5.16 Å². The molecule has 0 unspecified atom stereocenters. The SMILES string of the molecule is O=C(Sc1nc2ccccc2[nH]1)c1ccncc1. The summed E-state index contributed by atoms with van der Waals surface area (Å²) in [6.07, 6.45) is 3.21. The van der Waals surface area contributed by atoms with Gasteiger partial charge in [0.05, 0.1) is 11.0 Å². The number of para-hydroxylation sites is 2. The van der Waals surface area contributed by atoms with Crippen LogP contribution in [0.5, 0.6) is 0 Å². The van der Waals surface area contributed by atoms with Gasteiger partial charge in [0.25, 0.3) is 0 Å². The van der Waals surface area contributed by atoms with Gasteiger partial charge >= 0.3 is 0 Å². The minimum Gasteiger partial charge on any atom is -0.333 e. The molecule has 0 saturated heterocycles. The van der Waals surface area contributed by atoms with Crippen LogP contribution in [-0.4, -0.2) is 20.1 Å². The van der Waals surface area contributed by atoms with Gasteiger partial charge in [-0.1, -0.05) is 12.1 Å². The normalized spacial score (nSPS) is 10.7. The Morgan fingerprint density at radius 1 is 1.11 bits per heavy atom. The van der Waals surface area contributed by atoms with E-state index >= 15 is 0 Å². The number of fused-ring (bicyclic) bond motifs is 1. The zero-order valence-corrected chi connectivity index (χ0v) is 10.1. The molecule has 1 aromatic carbocycles. The zero-order valence-electron chi connectivity index (χ0n) is 9.33. The number of nitrogens with one attached hydrogen (secondary N) is 1. The second-order valence-electron chi connectivity index (χ2n) is 3.68. The molecule has 0 bridgehead atoms. The van der Waals surface area contributed by atoms with E-state index in [9.17, 15) is 4.79 Å². The third-order valence-corrected chi connectivity index (χ3v) is 3.28. The van der Waals surface area contributed by atoms with Gasteiger partial charge in [0.1, 0.15) is 0 Å². The van der Waals surface area contributed by atoms with Crippen molar-refractivity contribution in [3.63, 3.8) is 0 Å². The summed E-state index contributed by atoms with van der Waals surface area (Å²) in [5, 5.41) is 0.564. The molecule has 5 heteroatoms. The van der Waals surface area contributed by atoms with Crippen molar-refractivity contribution in [2.75, 3.05) is 0 Å². The monoisotopic (exact) mass is 255 g/mol. The number of thioether (sulfide) groups is 1. The summed E-state index contributed by atoms with van der Waals surface area (Å²) in [5.41, 5.74) is 2.42. The molecule has 1 N–H and O–H groups in total. The lowest BCUT2D eigenvalue weighted by Crippen LogP contribution is -1.93. The summed E-state index contributed by atoms with van der Waals surface area (Å²) in [4.78, 5) is 23.3. The van der Waals surface area contributed by atoms with Crippen molar-refractivity contribution in [3.8, 4) is 0 Å². The molecule has 0 aliphatic carbocycles. The number of aromatic nitrogens is 3. The molecule has 0 radical (unpaired) electrons. The van der Waals surface area contributed by atoms with E-state index < -0.39 is 0 Å². The highest BCUT2D eigenvalue weighted by atomic mass is 32.2. The number of H-pyrrole nitrogens is 1. The molecule has 0 spiro atoms. The van der Waals surface area contributed by atoms with Crippen LogP contribution >= 0.6 is 11.8 Å². The molecule has 2 heterocycles. The third-order valence-electron chi connectivity index (χ3n) is 2.47. The number of carbonyl (C=O) groups excluding carboxylic acids is 1. The lowest BCUT2D eigenvalue weighted by Gasteiger charge is -1.96. The van der Waals surface area contributed by atoms with Gasteiger partial charge in [-0.25, -0.2) is 4.98 Å². The summed E-state index contributed by atoms with van der Waals surface area (Å²) in [6.45, 7) is 0. The number of imidazole rings is 1. The lowest BCUT2D eigenvalue weighted by molar-refractivity contribution is 0.108. The predicted molar refractivity (Wildman–Crippen MR) is 70.5 cm³/mol. The average Bonchev–Trinajstić information content (AvgIpc) is 2.82. The van der Waals surface area contributed by atoms with E-state index in [1.807, 2.05) is 24.3 Å². The third kappa shape index (κ3) is 2.12. The summed E-state index contributed by atoms with van der Waals surface area (Å²) < 4.78 is 0. The summed E-state index contributed by atoms with van der Waals surface area (Å²) in [6, 6.07) is 11.1. The molecule has 4 nitrogen and oxygen atoms in total. The zero-order chi connectivity index (χ0) is 12.4. The first-order valence-electron chi connectivity index (χ1n) is 5.40. The van der Waals surface area contributed by atoms with Crippen LogP contribution in [0.3, 0.4) is 0 Å². The lowest BCUT2D eigenvalue weighted by atomic mass is 10.3. The van der Waals surface area contributed by atoms with E-state index in [0.29, 0.717) is 10.7 Å². The number of pyridine rings is 1. The maximum Gasteiger partial charge on any atom is 0.227 e. The van der Waals surface area contributed by atoms with E-state index in [1.165, 1.54) is 0 Å². The quantitative estimate of drug-likeness (QED) is 0.715. The highest BCUT2D eigenvalue weighted by molar-refractivity contribution is 8.14. The Balaban J connectivity index is 1.86. The Hall–Kier alpha value is -2.14. The van der Waals surface area contributed by atoms with Crippen LogP contribution in [0.15, 0.2) is 53.9 Å². The average molecular weight is 255 g/mol. The van der Waals surface area contributed by atoms with E-state index in [2.05, 4.69) is 15.0 Å². The van der Waals surface area contributed by atoms with E-state index in [0.717, 1.165) is 22.8 Å². The van der Waals surface area contributed by atoms with Gasteiger partial charge in [-0.3, -0.25) is 9.78 Å². The van der Waals surface area contributed by atoms with Crippen molar-refractivity contribution in [2.24, 2.45) is 0 Å². The number of hydrogen-bond donors (Lipinski definition) is 1. The maximum absolute atomic E-state index is 12.0. The highest BCUT2D eigenvalue weighted by Crippen LogP contribution is 2.22. The highest BCUT2D eigenvalue weighted by Gasteiger charge is 2.10. The molecule has 0 fully saturated rings. The number of hydrogen-bond acceptors (Lipinski definition) is 4. The van der Waals surface area contributed by atoms with Gasteiger partial charge in [0, 0.05) is 18.0 Å². The Labute approximate surface area is 107 Å². The van der Waals surface area contributed by atoms with Crippen molar-refractivity contribution in [1.29, 1.82) is 0 Å². The van der Waals surface area contributed by atoms with Gasteiger partial charge in [0.15, 0.2) is 5.16 Å². The molecular weight excluding hydrogens is 246 g/mol. The second-order valence-corrected chi connectivity index (χ2v) is 4.65. The van der Waals surface area contributed by atoms with Crippen molar-refractivity contribution in [3.05, 3.63) is 54.4 Å². The Morgan fingerprint density at radius 2 is 1.89 bits per heavy atom. The molecule has 88 valence electrons. The molecule has 0 saturated carbocycles. The van der Waals surface area contributed by atoms with Crippen LogP contribution in [-0.2, 0) is 0 Å². The molecule has 18 heavy (non-hydrogen) atoms. The van der Waals surface area contributed by atoms with Crippen LogP contribution in [0.4, 0.5) is 0 Å². The fraction of sp³-hybridized carbons (Fsp3) is 0. The minimum atomic E-state index is -0.0449. The van der Waals surface area contributed by atoms with Crippen LogP contribution in [0.25, 0.3) is 11.0 Å². The number of nitrogens with zero attached hydrogens (tertiary/aromatic N) is 2. The van der Waals surface area contributed by atoms with Crippen LogP contribution in [0, 0.1) is 0 Å². The van der Waals surface area contributed by atoms with Gasteiger partial charge in [-0.15, -0.1) is 0 Å². The van der Waals surface area contributed by atoms with E-state index in [-0.39, 0.29) is 5.12 Å². The molecule has 0 aliphatic heterocycles. The number of rotatable bonds is 2. The Bertz CT molecular complexity index is 661. The molecule has 0 aliphatic rings. The largest absolute Gasteiger partial charge is 0.333 e. The van der Waals surface area contributed by atoms with E-state index in [1.54, 1.807) is 24.5 Å². The molecule has 0 atom stereocenters. The summed E-state index contributed by atoms with van der Waals surface area (Å²) in [7, 11) is 0. The van der Waals surface area contributed by atoms with Gasteiger partial charge in [-0.05, 0) is 36.0 Å². The molecule has 0 amide bonds. The molecule has 2 aromatic heterocycles. The molecule has 3 aromatic rings. The summed E-state index contributed by atoms with van der Waals surface area (Å²) >= 11 is 1.09. The van der Waals surface area contributed by atoms with Gasteiger partial charge in [0.2, 0.25) is 5.12 Å². The minimum absolute atomic E-state index is 0.0449. The predicted octanol–water partition coefficient (Wildman–Crippen LogP) is 2.89. The van der Waals surface area contributed by atoms with Gasteiger partial charge in [-0.2, -0.15) is 0 Å². The number of aromatic amines is 1. The smallest absolute Gasteiger partial charge is 0.227 e. The van der Waals surface area contributed by atoms with Gasteiger partial charge < -0.3 is 4.98 Å². The first-order chi connectivity index (χ1) is 8.83. The molecule has 3 rings (SSSR count). The maximum atomic E-state index is 12.0. The van der Waals surface area contributed by atoms with Crippen molar-refractivity contribution in [1.82, 2.24) is 15.0 Å². The van der Waals surface area contributed by atoms with Crippen LogP contribution in [0.1, 0.15) is 10.4 Å². The molecular formula is C13H9N3OS. The standard InChI is InChI=1S/C13H9N3OS/c17-12(9-5-7-14-8-6-9)18-13-15-10-3-1-2-4-11(10)16-13/h1-8H,(H,15,16). The first kappa shape index (κ1) is 11.0. The van der Waals surface area contributed by atoms with Crippen LogP contribution < -0.4 is 0 Å². The second kappa shape index (κ2) is 4.62. The topological polar surface area (TPSA) is 58.6 Å². The van der Waals surface area contributed by atoms with E-state index in [4.69, 9.17) is 0 Å². The summed E-state index contributed by atoms with van der Waals surface area (Å²) in [5.74, 6) is 0. The van der Waals surface area contributed by atoms with Crippen LogP contribution in [0.2, 0.25) is 0 Å². The fourth-order valence-electron chi connectivity index (χ4n) is 1.61. The van der Waals surface area contributed by atoms with Crippen molar-refractivity contribution < 1.29 is 4.79 Å². The Kier molecular flexibility index (Phi) is 2.82. The fourth-order valence-corrected chi connectivity index (χ4v) is 2.35. The van der Waals surface area contributed by atoms with Crippen molar-refractivity contribution >= 4 is 27.9 Å².